The smallest absolute Gasteiger partial charge is 0.303 e. The monoisotopic (exact) mass is 222 g/mol. The van der Waals surface area contributed by atoms with Crippen LogP contribution in [0.2, 0.25) is 0 Å². The van der Waals surface area contributed by atoms with Crippen molar-refractivity contribution in [1.82, 2.24) is 0 Å². The van der Waals surface area contributed by atoms with Crippen LogP contribution < -0.4 is 0 Å². The van der Waals surface area contributed by atoms with E-state index >= 15 is 0 Å². The van der Waals surface area contributed by atoms with E-state index < -0.39 is 5.97 Å². The molecular formula is C12H14O4. The van der Waals surface area contributed by atoms with Gasteiger partial charge in [-0.2, -0.15) is 0 Å². The molecule has 0 bridgehead atoms. The molecule has 0 amide bonds. The van der Waals surface area contributed by atoms with Gasteiger partial charge < -0.3 is 5.11 Å². The van der Waals surface area contributed by atoms with Crippen molar-refractivity contribution in [2.24, 2.45) is 5.92 Å². The Morgan fingerprint density at radius 2 is 1.94 bits per heavy atom. The largest absolute Gasteiger partial charge is 0.481 e. The van der Waals surface area contributed by atoms with E-state index in [9.17, 15) is 14.4 Å². The van der Waals surface area contributed by atoms with E-state index in [1.165, 1.54) is 12.2 Å². The summed E-state index contributed by atoms with van der Waals surface area (Å²) in [5.74, 6) is -1.79. The third kappa shape index (κ3) is 2.66. The van der Waals surface area contributed by atoms with E-state index in [0.717, 1.165) is 0 Å². The van der Waals surface area contributed by atoms with Gasteiger partial charge in [-0.25, -0.2) is 0 Å². The van der Waals surface area contributed by atoms with Crippen LogP contribution in [0, 0.1) is 5.92 Å². The minimum atomic E-state index is -0.959. The highest BCUT2D eigenvalue weighted by Crippen LogP contribution is 2.24. The lowest BCUT2D eigenvalue weighted by atomic mass is 9.85. The molecule has 16 heavy (non-hydrogen) atoms. The van der Waals surface area contributed by atoms with Crippen molar-refractivity contribution in [2.75, 3.05) is 0 Å². The average molecular weight is 222 g/mol. The number of hydrogen-bond donors (Lipinski definition) is 1. The fourth-order valence-electron chi connectivity index (χ4n) is 1.68. The Morgan fingerprint density at radius 3 is 2.44 bits per heavy atom. The number of carbonyl (C=O) groups excluding carboxylic acids is 2. The summed E-state index contributed by atoms with van der Waals surface area (Å²) < 4.78 is 0. The normalized spacial score (nSPS) is 17.9. The molecule has 1 aliphatic rings. The van der Waals surface area contributed by atoms with Gasteiger partial charge in [0.05, 0.1) is 6.42 Å². The summed E-state index contributed by atoms with van der Waals surface area (Å²) >= 11 is 0. The molecule has 1 N–H and O–H groups in total. The predicted octanol–water partition coefficient (Wildman–Crippen LogP) is 1.51. The average Bonchev–Trinajstić information content (AvgIpc) is 2.20. The third-order valence-electron chi connectivity index (χ3n) is 2.66. The van der Waals surface area contributed by atoms with Gasteiger partial charge >= 0.3 is 5.97 Å². The molecule has 86 valence electrons. The molecule has 0 fully saturated rings. The number of hydrogen-bond acceptors (Lipinski definition) is 3. The zero-order valence-corrected chi connectivity index (χ0v) is 9.32. The molecule has 4 nitrogen and oxygen atoms in total. The van der Waals surface area contributed by atoms with E-state index in [1.807, 2.05) is 0 Å². The van der Waals surface area contributed by atoms with E-state index in [0.29, 0.717) is 17.6 Å². The first-order valence-corrected chi connectivity index (χ1v) is 5.16. The maximum atomic E-state index is 11.6. The maximum Gasteiger partial charge on any atom is 0.303 e. The Balaban J connectivity index is 2.95. The fourth-order valence-corrected chi connectivity index (χ4v) is 1.68. The van der Waals surface area contributed by atoms with Gasteiger partial charge in [0.2, 0.25) is 0 Å². The van der Waals surface area contributed by atoms with E-state index in [2.05, 4.69) is 0 Å². The summed E-state index contributed by atoms with van der Waals surface area (Å²) in [6, 6.07) is 0. The van der Waals surface area contributed by atoms with Gasteiger partial charge in [-0.05, 0) is 31.4 Å². The van der Waals surface area contributed by atoms with Crippen LogP contribution in [0.15, 0.2) is 23.3 Å². The summed E-state index contributed by atoms with van der Waals surface area (Å²) in [4.78, 5) is 33.7. The lowest BCUT2D eigenvalue weighted by Gasteiger charge is -2.17. The van der Waals surface area contributed by atoms with Gasteiger partial charge in [0.1, 0.15) is 0 Å². The molecule has 1 unspecified atom stereocenters. The van der Waals surface area contributed by atoms with Crippen molar-refractivity contribution in [1.29, 1.82) is 0 Å². The van der Waals surface area contributed by atoms with E-state index in [1.54, 1.807) is 13.8 Å². The molecule has 0 radical (unpaired) electrons. The maximum absolute atomic E-state index is 11.6. The molecule has 0 spiro atoms. The number of rotatable bonds is 4. The number of allylic oxidation sites excluding steroid dienone is 4. The minimum absolute atomic E-state index is 0.117. The van der Waals surface area contributed by atoms with Crippen molar-refractivity contribution >= 4 is 17.5 Å². The zero-order valence-electron chi connectivity index (χ0n) is 9.32. The van der Waals surface area contributed by atoms with Crippen molar-refractivity contribution in [3.05, 3.63) is 23.3 Å². The van der Waals surface area contributed by atoms with Crippen LogP contribution >= 0.6 is 0 Å². The Labute approximate surface area is 93.6 Å². The highest BCUT2D eigenvalue weighted by Gasteiger charge is 2.25. The zero-order chi connectivity index (χ0) is 12.3. The van der Waals surface area contributed by atoms with Crippen LogP contribution in [0.1, 0.15) is 26.7 Å². The third-order valence-corrected chi connectivity index (χ3v) is 2.66. The van der Waals surface area contributed by atoms with Gasteiger partial charge in [0.15, 0.2) is 11.6 Å². The molecular weight excluding hydrogens is 208 g/mol. The number of carbonyl (C=O) groups is 3. The molecule has 0 aromatic rings. The first kappa shape index (κ1) is 12.4. The molecule has 0 aromatic carbocycles. The van der Waals surface area contributed by atoms with Gasteiger partial charge in [0, 0.05) is 11.1 Å². The summed E-state index contributed by atoms with van der Waals surface area (Å²) in [7, 11) is 0. The minimum Gasteiger partial charge on any atom is -0.481 e. The van der Waals surface area contributed by atoms with Gasteiger partial charge in [-0.1, -0.05) is 6.92 Å². The van der Waals surface area contributed by atoms with Gasteiger partial charge in [0.25, 0.3) is 0 Å². The number of carboxylic acids is 1. The molecule has 0 heterocycles. The summed E-state index contributed by atoms with van der Waals surface area (Å²) in [5, 5.41) is 8.71. The second-order valence-electron chi connectivity index (χ2n) is 3.86. The highest BCUT2D eigenvalue weighted by atomic mass is 16.4. The SMILES string of the molecule is CCC(CC(=O)O)C1=CC(=O)C(C)=CC1=O. The Morgan fingerprint density at radius 1 is 1.31 bits per heavy atom. The molecule has 1 rings (SSSR count). The topological polar surface area (TPSA) is 71.4 Å². The molecule has 1 aliphatic carbocycles. The first-order chi connectivity index (χ1) is 7.45. The second-order valence-corrected chi connectivity index (χ2v) is 3.86. The molecule has 0 aliphatic heterocycles. The molecule has 0 aromatic heterocycles. The lowest BCUT2D eigenvalue weighted by Crippen LogP contribution is -2.20. The summed E-state index contributed by atoms with van der Waals surface area (Å²) in [6.45, 7) is 3.38. The molecule has 0 saturated carbocycles. The number of carboxylic acid groups (broad SMARTS) is 1. The van der Waals surface area contributed by atoms with E-state index in [-0.39, 0.29) is 23.9 Å². The number of aliphatic carboxylic acids is 1. The van der Waals surface area contributed by atoms with E-state index in [4.69, 9.17) is 5.11 Å². The van der Waals surface area contributed by atoms with Crippen LogP contribution in [0.3, 0.4) is 0 Å². The first-order valence-electron chi connectivity index (χ1n) is 5.16. The van der Waals surface area contributed by atoms with Crippen LogP contribution in [0.5, 0.6) is 0 Å². The summed E-state index contributed by atoms with van der Waals surface area (Å²) in [5.41, 5.74) is 0.722. The second kappa shape index (κ2) is 4.88. The van der Waals surface area contributed by atoms with Gasteiger partial charge in [-0.3, -0.25) is 14.4 Å². The van der Waals surface area contributed by atoms with Crippen LogP contribution in [-0.2, 0) is 14.4 Å². The standard InChI is InChI=1S/C12H14O4/c1-3-8(5-12(15)16)9-6-10(13)7(2)4-11(9)14/h4,6,8H,3,5H2,1-2H3,(H,15,16). The lowest BCUT2D eigenvalue weighted by molar-refractivity contribution is -0.137. The van der Waals surface area contributed by atoms with Crippen LogP contribution in [0.4, 0.5) is 0 Å². The molecule has 4 heteroatoms. The Hall–Kier alpha value is -1.71. The molecule has 0 saturated heterocycles. The van der Waals surface area contributed by atoms with Crippen molar-refractivity contribution < 1.29 is 19.5 Å². The van der Waals surface area contributed by atoms with Crippen LogP contribution in [-0.4, -0.2) is 22.6 Å². The number of ketones is 2. The van der Waals surface area contributed by atoms with Crippen molar-refractivity contribution in [2.45, 2.75) is 26.7 Å². The van der Waals surface area contributed by atoms with Crippen molar-refractivity contribution in [3.63, 3.8) is 0 Å². The van der Waals surface area contributed by atoms with Crippen LogP contribution in [0.25, 0.3) is 0 Å². The molecule has 1 atom stereocenters. The predicted molar refractivity (Wildman–Crippen MR) is 57.9 cm³/mol. The Bertz CT molecular complexity index is 401. The fraction of sp³-hybridized carbons (Fsp3) is 0.417. The highest BCUT2D eigenvalue weighted by molar-refractivity contribution is 6.19. The van der Waals surface area contributed by atoms with Gasteiger partial charge in [-0.15, -0.1) is 0 Å². The Kier molecular flexibility index (Phi) is 3.77. The quantitative estimate of drug-likeness (QED) is 0.732. The van der Waals surface area contributed by atoms with Crippen molar-refractivity contribution in [3.8, 4) is 0 Å². The summed E-state index contributed by atoms with van der Waals surface area (Å²) in [6.07, 6.45) is 2.97.